The minimum absolute atomic E-state index is 0.174. The van der Waals surface area contributed by atoms with Gasteiger partial charge in [0.1, 0.15) is 0 Å². The predicted molar refractivity (Wildman–Crippen MR) is 53.3 cm³/mol. The molecule has 0 spiro atoms. The summed E-state index contributed by atoms with van der Waals surface area (Å²) < 4.78 is 0.679. The first-order valence-electron chi connectivity index (χ1n) is 4.85. The number of nitrogens with zero attached hydrogens (tertiary/aromatic N) is 1. The van der Waals surface area contributed by atoms with Crippen LogP contribution < -0.4 is 15.7 Å². The second-order valence-corrected chi connectivity index (χ2v) is 3.89. The molecule has 2 rings (SSSR count). The summed E-state index contributed by atoms with van der Waals surface area (Å²) in [6.45, 7) is 1.91. The summed E-state index contributed by atoms with van der Waals surface area (Å²) in [5, 5.41) is 18.4. The first-order valence-corrected chi connectivity index (χ1v) is 4.85. The van der Waals surface area contributed by atoms with Gasteiger partial charge in [0.25, 0.3) is 0 Å². The van der Waals surface area contributed by atoms with Crippen molar-refractivity contribution in [3.8, 4) is 11.8 Å². The largest absolute Gasteiger partial charge is 0.492 e. The average Bonchev–Trinajstić information content (AvgIpc) is 2.90. The molecule has 7 heteroatoms. The van der Waals surface area contributed by atoms with Crippen LogP contribution in [0.1, 0.15) is 19.8 Å². The van der Waals surface area contributed by atoms with Gasteiger partial charge in [-0.25, -0.2) is 15.6 Å². The number of aromatic nitrogens is 1. The third-order valence-electron chi connectivity index (χ3n) is 2.37. The molecule has 16 heavy (non-hydrogen) atoms. The van der Waals surface area contributed by atoms with E-state index in [0.29, 0.717) is 11.2 Å². The molecule has 7 nitrogen and oxygen atoms in total. The molecule has 1 saturated heterocycles. The van der Waals surface area contributed by atoms with Gasteiger partial charge < -0.3 is 15.1 Å². The Bertz CT molecular complexity index is 391. The molecular weight excluding hydrogens is 214 g/mol. The molecule has 2 heterocycles. The summed E-state index contributed by atoms with van der Waals surface area (Å²) in [6.07, 6.45) is 0.738. The Morgan fingerprint density at radius 1 is 1.44 bits per heavy atom. The van der Waals surface area contributed by atoms with Crippen molar-refractivity contribution in [3.63, 3.8) is 0 Å². The van der Waals surface area contributed by atoms with Crippen molar-refractivity contribution in [1.82, 2.24) is 15.6 Å². The van der Waals surface area contributed by atoms with Gasteiger partial charge in [0.2, 0.25) is 11.8 Å². The van der Waals surface area contributed by atoms with Crippen molar-refractivity contribution >= 4 is 5.97 Å². The number of hydrogen-bond acceptors (Lipinski definition) is 6. The first kappa shape index (κ1) is 10.8. The van der Waals surface area contributed by atoms with Crippen LogP contribution in [0.3, 0.4) is 0 Å². The van der Waals surface area contributed by atoms with Crippen LogP contribution in [-0.2, 0) is 4.79 Å². The Hall–Kier alpha value is -1.73. The van der Waals surface area contributed by atoms with Gasteiger partial charge in [0, 0.05) is 12.1 Å². The molecule has 1 aliphatic rings. The minimum atomic E-state index is -0.529. The van der Waals surface area contributed by atoms with Crippen LogP contribution in [0.4, 0.5) is 0 Å². The van der Waals surface area contributed by atoms with Crippen LogP contribution in [0, 0.1) is 0 Å². The molecule has 0 bridgehead atoms. The maximum absolute atomic E-state index is 11.4. The van der Waals surface area contributed by atoms with Crippen LogP contribution in [0.15, 0.2) is 12.1 Å². The number of carbonyl (C=O) groups is 1. The highest BCUT2D eigenvalue weighted by Gasteiger charge is 2.36. The molecule has 0 atom stereocenters. The van der Waals surface area contributed by atoms with Gasteiger partial charge in [0.05, 0.1) is 12.1 Å². The van der Waals surface area contributed by atoms with Gasteiger partial charge >= 0.3 is 5.97 Å². The summed E-state index contributed by atoms with van der Waals surface area (Å²) in [7, 11) is 0. The highest BCUT2D eigenvalue weighted by atomic mass is 16.7. The molecule has 1 aliphatic heterocycles. The number of aromatic hydroxyl groups is 2. The zero-order chi connectivity index (χ0) is 11.8. The van der Waals surface area contributed by atoms with E-state index in [9.17, 15) is 15.0 Å². The highest BCUT2D eigenvalue weighted by Crippen LogP contribution is 2.20. The van der Waals surface area contributed by atoms with E-state index in [0.717, 1.165) is 0 Å². The van der Waals surface area contributed by atoms with Gasteiger partial charge in [-0.15, -0.1) is 4.73 Å². The average molecular weight is 227 g/mol. The molecule has 88 valence electrons. The zero-order valence-electron chi connectivity index (χ0n) is 8.73. The highest BCUT2D eigenvalue weighted by molar-refractivity contribution is 5.70. The van der Waals surface area contributed by atoms with Crippen molar-refractivity contribution in [2.75, 3.05) is 0 Å². The molecule has 0 saturated carbocycles. The molecule has 1 aromatic rings. The first-order chi connectivity index (χ1) is 7.50. The normalized spacial score (nSPS) is 17.1. The Morgan fingerprint density at radius 3 is 2.50 bits per heavy atom. The lowest BCUT2D eigenvalue weighted by Crippen LogP contribution is -2.22. The molecular formula is C9H13N3O4. The Kier molecular flexibility index (Phi) is 2.49. The molecule has 0 radical (unpaired) electrons. The number of nitrogens with one attached hydrogen (secondary N) is 2. The standard InChI is InChI=1S/C9H13N3O4/c1-9(10-11-9)5-4-8(15)16-12-6(13)2-3-7(12)14/h2-3,10-11,13-14H,4-5H2,1H3. The van der Waals surface area contributed by atoms with E-state index in [4.69, 9.17) is 4.84 Å². The Labute approximate surface area is 91.6 Å². The van der Waals surface area contributed by atoms with Gasteiger partial charge in [-0.2, -0.15) is 0 Å². The molecule has 0 aliphatic carbocycles. The van der Waals surface area contributed by atoms with Crippen LogP contribution in [0.5, 0.6) is 11.8 Å². The molecule has 0 unspecified atom stereocenters. The Balaban J connectivity index is 1.87. The SMILES string of the molecule is CC1(CCC(=O)On2c(O)ccc2O)NN1. The number of carbonyl (C=O) groups excluding carboxylic acids is 1. The topological polar surface area (TPSA) is 116 Å². The van der Waals surface area contributed by atoms with Crippen LogP contribution in [0.25, 0.3) is 0 Å². The fraction of sp³-hybridized carbons (Fsp3) is 0.444. The van der Waals surface area contributed by atoms with Gasteiger partial charge in [-0.05, 0) is 13.3 Å². The maximum Gasteiger partial charge on any atom is 0.333 e. The monoisotopic (exact) mass is 227 g/mol. The van der Waals surface area contributed by atoms with Crippen molar-refractivity contribution in [2.45, 2.75) is 25.4 Å². The Morgan fingerprint density at radius 2 is 2.00 bits per heavy atom. The smallest absolute Gasteiger partial charge is 0.333 e. The van der Waals surface area contributed by atoms with Crippen LogP contribution in [0.2, 0.25) is 0 Å². The second kappa shape index (κ2) is 3.69. The summed E-state index contributed by atoms with van der Waals surface area (Å²) in [4.78, 5) is 16.1. The molecule has 4 N–H and O–H groups in total. The summed E-state index contributed by atoms with van der Waals surface area (Å²) in [6, 6.07) is 2.46. The summed E-state index contributed by atoms with van der Waals surface area (Å²) in [5.74, 6) is -1.17. The predicted octanol–water partition coefficient (Wildman–Crippen LogP) is -0.541. The van der Waals surface area contributed by atoms with Crippen molar-refractivity contribution < 1.29 is 19.8 Å². The van der Waals surface area contributed by atoms with Crippen LogP contribution in [-0.4, -0.2) is 26.6 Å². The van der Waals surface area contributed by atoms with Crippen molar-refractivity contribution in [1.29, 1.82) is 0 Å². The molecule has 1 aromatic heterocycles. The summed E-state index contributed by atoms with van der Waals surface area (Å²) >= 11 is 0. The number of rotatable bonds is 4. The lowest BCUT2D eigenvalue weighted by molar-refractivity contribution is -0.145. The molecule has 0 aromatic carbocycles. The van der Waals surface area contributed by atoms with Gasteiger partial charge in [-0.1, -0.05) is 0 Å². The second-order valence-electron chi connectivity index (χ2n) is 3.89. The minimum Gasteiger partial charge on any atom is -0.492 e. The fourth-order valence-electron chi connectivity index (χ4n) is 1.23. The maximum atomic E-state index is 11.4. The third kappa shape index (κ3) is 2.26. The van der Waals surface area contributed by atoms with E-state index in [2.05, 4.69) is 10.9 Å². The van der Waals surface area contributed by atoms with E-state index >= 15 is 0 Å². The van der Waals surface area contributed by atoms with Crippen LogP contribution >= 0.6 is 0 Å². The lowest BCUT2D eigenvalue weighted by Gasteiger charge is -2.07. The molecule has 1 fully saturated rings. The molecule has 0 amide bonds. The fourth-order valence-corrected chi connectivity index (χ4v) is 1.23. The van der Waals surface area contributed by atoms with Crippen molar-refractivity contribution in [3.05, 3.63) is 12.1 Å². The number of hydrazine groups is 1. The number of hydrogen-bond donors (Lipinski definition) is 4. The van der Waals surface area contributed by atoms with E-state index in [1.807, 2.05) is 6.92 Å². The third-order valence-corrected chi connectivity index (χ3v) is 2.37. The van der Waals surface area contributed by atoms with Gasteiger partial charge in [0.15, 0.2) is 0 Å². The summed E-state index contributed by atoms with van der Waals surface area (Å²) in [5.41, 5.74) is 5.56. The quantitative estimate of drug-likeness (QED) is 0.513. The van der Waals surface area contributed by atoms with E-state index < -0.39 is 5.97 Å². The lowest BCUT2D eigenvalue weighted by atomic mass is 10.1. The zero-order valence-corrected chi connectivity index (χ0v) is 8.73. The van der Waals surface area contributed by atoms with Gasteiger partial charge in [-0.3, -0.25) is 0 Å². The van der Waals surface area contributed by atoms with E-state index in [1.165, 1.54) is 12.1 Å². The van der Waals surface area contributed by atoms with E-state index in [-0.39, 0.29) is 23.8 Å². The van der Waals surface area contributed by atoms with E-state index in [1.54, 1.807) is 0 Å². The van der Waals surface area contributed by atoms with Crippen molar-refractivity contribution in [2.24, 2.45) is 0 Å².